The summed E-state index contributed by atoms with van der Waals surface area (Å²) >= 11 is 1.24. The molecule has 0 aromatic carbocycles. The van der Waals surface area contributed by atoms with E-state index in [2.05, 4.69) is 4.98 Å². The predicted octanol–water partition coefficient (Wildman–Crippen LogP) is 1.89. The largest absolute Gasteiger partial charge is 0.478 e. The number of aryl methyl sites for hydroxylation is 2. The van der Waals surface area contributed by atoms with Gasteiger partial charge in [0.25, 0.3) is 0 Å². The fraction of sp³-hybridized carbons (Fsp3) is 0.538. The van der Waals surface area contributed by atoms with Crippen molar-refractivity contribution in [1.29, 1.82) is 0 Å². The minimum atomic E-state index is -0.994. The van der Waals surface area contributed by atoms with Gasteiger partial charge in [0.15, 0.2) is 0 Å². The number of carbonyl (C=O) groups is 1. The van der Waals surface area contributed by atoms with E-state index >= 15 is 0 Å². The second-order valence-electron chi connectivity index (χ2n) is 4.19. The van der Waals surface area contributed by atoms with Crippen molar-refractivity contribution in [3.05, 3.63) is 22.9 Å². The van der Waals surface area contributed by atoms with Crippen LogP contribution in [0.5, 0.6) is 0 Å². The van der Waals surface area contributed by atoms with Crippen LogP contribution in [0.2, 0.25) is 0 Å². The van der Waals surface area contributed by atoms with Crippen molar-refractivity contribution in [3.8, 4) is 0 Å². The highest BCUT2D eigenvalue weighted by Crippen LogP contribution is 2.24. The van der Waals surface area contributed by atoms with E-state index in [0.717, 1.165) is 5.69 Å². The number of hydrogen-bond acceptors (Lipinski definition) is 5. The molecule has 6 heteroatoms. The molecule has 2 N–H and O–H groups in total. The Hall–Kier alpha value is -1.11. The minimum absolute atomic E-state index is 0.208. The number of carboxylic acids is 1. The van der Waals surface area contributed by atoms with Gasteiger partial charge in [0, 0.05) is 18.1 Å². The van der Waals surface area contributed by atoms with Gasteiger partial charge in [-0.1, -0.05) is 0 Å². The Labute approximate surface area is 117 Å². The molecule has 1 atom stereocenters. The molecule has 0 aliphatic carbocycles. The molecule has 106 valence electrons. The number of thioether (sulfide) groups is 1. The fourth-order valence-corrected chi connectivity index (χ4v) is 2.69. The second kappa shape index (κ2) is 7.47. The van der Waals surface area contributed by atoms with E-state index in [1.54, 1.807) is 13.0 Å². The van der Waals surface area contributed by atoms with Crippen LogP contribution >= 0.6 is 11.8 Å². The number of nitrogens with zero attached hydrogens (tertiary/aromatic N) is 1. The molecule has 0 radical (unpaired) electrons. The molecule has 5 nitrogen and oxygen atoms in total. The van der Waals surface area contributed by atoms with Crippen LogP contribution in [0, 0.1) is 13.8 Å². The fourth-order valence-electron chi connectivity index (χ4n) is 1.64. The molecule has 1 unspecified atom stereocenters. The van der Waals surface area contributed by atoms with Gasteiger partial charge in [0.2, 0.25) is 0 Å². The van der Waals surface area contributed by atoms with Crippen molar-refractivity contribution >= 4 is 17.7 Å². The minimum Gasteiger partial charge on any atom is -0.478 e. The van der Waals surface area contributed by atoms with E-state index in [1.165, 1.54) is 11.8 Å². The molecular weight excluding hydrogens is 266 g/mol. The maximum atomic E-state index is 11.2. The Balaban J connectivity index is 2.79. The van der Waals surface area contributed by atoms with Crippen LogP contribution in [0.1, 0.15) is 28.5 Å². The average Bonchev–Trinajstić information content (AvgIpc) is 2.32. The molecule has 0 amide bonds. The Morgan fingerprint density at radius 3 is 2.79 bits per heavy atom. The highest BCUT2D eigenvalue weighted by atomic mass is 32.2. The first kappa shape index (κ1) is 15.9. The molecule has 1 heterocycles. The zero-order chi connectivity index (χ0) is 14.4. The molecule has 0 saturated carbocycles. The smallest absolute Gasteiger partial charge is 0.338 e. The van der Waals surface area contributed by atoms with Crippen molar-refractivity contribution in [3.63, 3.8) is 0 Å². The number of ether oxygens (including phenoxy) is 1. The number of aromatic carboxylic acids is 1. The summed E-state index contributed by atoms with van der Waals surface area (Å²) < 4.78 is 5.11. The Bertz CT molecular complexity index is 451. The van der Waals surface area contributed by atoms with E-state index < -0.39 is 12.1 Å². The molecule has 0 spiro atoms. The summed E-state index contributed by atoms with van der Waals surface area (Å²) in [5.74, 6) is -0.636. The third kappa shape index (κ3) is 4.81. The lowest BCUT2D eigenvalue weighted by Crippen LogP contribution is -2.18. The summed E-state index contributed by atoms with van der Waals surface area (Å²) in [6.07, 6.45) is -0.630. The van der Waals surface area contributed by atoms with Crippen LogP contribution in [0.4, 0.5) is 0 Å². The first-order valence-corrected chi connectivity index (χ1v) is 7.04. The third-order valence-corrected chi connectivity index (χ3v) is 3.57. The summed E-state index contributed by atoms with van der Waals surface area (Å²) in [6.45, 7) is 6.21. The lowest BCUT2D eigenvalue weighted by Gasteiger charge is -2.12. The van der Waals surface area contributed by atoms with Crippen LogP contribution < -0.4 is 0 Å². The molecule has 0 saturated heterocycles. The van der Waals surface area contributed by atoms with Crippen molar-refractivity contribution in [2.75, 3.05) is 19.0 Å². The molecule has 0 aliphatic heterocycles. The highest BCUT2D eigenvalue weighted by molar-refractivity contribution is 7.99. The number of hydrogen-bond donors (Lipinski definition) is 2. The zero-order valence-electron chi connectivity index (χ0n) is 11.3. The van der Waals surface area contributed by atoms with Gasteiger partial charge in [-0.15, -0.1) is 11.8 Å². The van der Waals surface area contributed by atoms with Gasteiger partial charge in [-0.2, -0.15) is 0 Å². The van der Waals surface area contributed by atoms with Crippen molar-refractivity contribution < 1.29 is 19.7 Å². The Morgan fingerprint density at radius 2 is 2.21 bits per heavy atom. The van der Waals surface area contributed by atoms with Crippen LogP contribution in [0.3, 0.4) is 0 Å². The number of pyridine rings is 1. The summed E-state index contributed by atoms with van der Waals surface area (Å²) in [5, 5.41) is 19.3. The quantitative estimate of drug-likeness (QED) is 0.745. The topological polar surface area (TPSA) is 79.7 Å². The van der Waals surface area contributed by atoms with Gasteiger partial charge in [-0.25, -0.2) is 9.78 Å². The molecule has 0 bridgehead atoms. The van der Waals surface area contributed by atoms with Crippen molar-refractivity contribution in [1.82, 2.24) is 4.98 Å². The normalized spacial score (nSPS) is 12.4. The number of aliphatic hydroxyl groups is 1. The van der Waals surface area contributed by atoms with Crippen LogP contribution in [0.25, 0.3) is 0 Å². The van der Waals surface area contributed by atoms with Gasteiger partial charge in [-0.05, 0) is 32.4 Å². The summed E-state index contributed by atoms with van der Waals surface area (Å²) in [6, 6.07) is 1.74. The zero-order valence-corrected chi connectivity index (χ0v) is 12.2. The lowest BCUT2D eigenvalue weighted by molar-refractivity contribution is 0.0551. The molecule has 19 heavy (non-hydrogen) atoms. The second-order valence-corrected chi connectivity index (χ2v) is 5.20. The summed E-state index contributed by atoms with van der Waals surface area (Å²) in [4.78, 5) is 15.5. The summed E-state index contributed by atoms with van der Waals surface area (Å²) in [5.41, 5.74) is 1.66. The van der Waals surface area contributed by atoms with Crippen LogP contribution in [-0.4, -0.2) is 46.2 Å². The predicted molar refractivity (Wildman–Crippen MR) is 73.9 cm³/mol. The lowest BCUT2D eigenvalue weighted by atomic mass is 10.1. The number of aliphatic hydroxyl groups excluding tert-OH is 1. The standard InChI is InChI=1S/C13H19NO4S/c1-4-18-6-10(15)7-19-12-11(13(16)17)8(2)5-9(3)14-12/h5,10,15H,4,6-7H2,1-3H3,(H,16,17). The maximum absolute atomic E-state index is 11.2. The van der Waals surface area contributed by atoms with E-state index in [1.807, 2.05) is 13.8 Å². The highest BCUT2D eigenvalue weighted by Gasteiger charge is 2.17. The van der Waals surface area contributed by atoms with Gasteiger partial charge in [0.1, 0.15) is 5.03 Å². The van der Waals surface area contributed by atoms with E-state index in [0.29, 0.717) is 22.9 Å². The van der Waals surface area contributed by atoms with Gasteiger partial charge in [-0.3, -0.25) is 0 Å². The first-order valence-electron chi connectivity index (χ1n) is 6.05. The Morgan fingerprint density at radius 1 is 1.53 bits per heavy atom. The molecule has 0 fully saturated rings. The first-order chi connectivity index (χ1) is 8.95. The maximum Gasteiger partial charge on any atom is 0.338 e. The Kier molecular flexibility index (Phi) is 6.27. The number of rotatable bonds is 7. The van der Waals surface area contributed by atoms with E-state index in [9.17, 15) is 15.0 Å². The van der Waals surface area contributed by atoms with E-state index in [4.69, 9.17) is 4.74 Å². The van der Waals surface area contributed by atoms with Gasteiger partial charge in [0.05, 0.1) is 18.3 Å². The SMILES string of the molecule is CCOCC(O)CSc1nc(C)cc(C)c1C(=O)O. The van der Waals surface area contributed by atoms with Crippen molar-refractivity contribution in [2.45, 2.75) is 31.9 Å². The monoisotopic (exact) mass is 285 g/mol. The van der Waals surface area contributed by atoms with Crippen molar-refractivity contribution in [2.24, 2.45) is 0 Å². The van der Waals surface area contributed by atoms with Gasteiger partial charge >= 0.3 is 5.97 Å². The molecule has 1 aromatic rings. The summed E-state index contributed by atoms with van der Waals surface area (Å²) in [7, 11) is 0. The third-order valence-electron chi connectivity index (χ3n) is 2.45. The molecule has 1 rings (SSSR count). The number of aromatic nitrogens is 1. The number of carboxylic acid groups (broad SMARTS) is 1. The van der Waals surface area contributed by atoms with Crippen LogP contribution in [0.15, 0.2) is 11.1 Å². The molecule has 1 aromatic heterocycles. The van der Waals surface area contributed by atoms with Crippen LogP contribution in [-0.2, 0) is 4.74 Å². The molecule has 0 aliphatic rings. The average molecular weight is 285 g/mol. The van der Waals surface area contributed by atoms with E-state index in [-0.39, 0.29) is 12.2 Å². The van der Waals surface area contributed by atoms with Gasteiger partial charge < -0.3 is 14.9 Å². The molecular formula is C13H19NO4S.